The second-order valence-electron chi connectivity index (χ2n) is 13.0. The van der Waals surface area contributed by atoms with Crippen LogP contribution in [0.1, 0.15) is 23.3 Å². The van der Waals surface area contributed by atoms with Crippen molar-refractivity contribution in [1.82, 2.24) is 33.6 Å². The van der Waals surface area contributed by atoms with Gasteiger partial charge >= 0.3 is 0 Å². The van der Waals surface area contributed by atoms with Crippen LogP contribution in [0.4, 0.5) is 0 Å². The Labute approximate surface area is 350 Å². The molecule has 6 heterocycles. The third-order valence-corrected chi connectivity index (χ3v) is 10.00. The summed E-state index contributed by atoms with van der Waals surface area (Å²) >= 11 is 0. The van der Waals surface area contributed by atoms with Gasteiger partial charge in [0.15, 0.2) is 5.82 Å². The van der Waals surface area contributed by atoms with Crippen LogP contribution >= 0.6 is 0 Å². The second kappa shape index (κ2) is 12.3. The number of para-hydroxylation sites is 5. The van der Waals surface area contributed by atoms with Crippen LogP contribution in [0.15, 0.2) is 188 Å². The lowest BCUT2D eigenvalue weighted by atomic mass is 10.1. The van der Waals surface area contributed by atoms with Gasteiger partial charge in [0.2, 0.25) is 0 Å². The van der Waals surface area contributed by atoms with E-state index in [4.69, 9.17) is 35.0 Å². The van der Waals surface area contributed by atoms with E-state index in [0.717, 1.165) is 4.57 Å². The van der Waals surface area contributed by atoms with Crippen LogP contribution in [0.5, 0.6) is 0 Å². The third kappa shape index (κ3) is 4.66. The standard InChI is InChI=1S/C50H31N7/c1-2-15-32(16-3-1)38-31-46(56-39-22-8-4-17-33(39)34-18-5-9-23-40(34)56)54-50(53-38)37-21-12-26-45(55-41-24-10-6-19-35(41)47-43(55)27-13-29-51-47)49(37)57-42-25-11-7-20-36(42)48-44(57)28-14-30-52-48/h1-31H/i1D,2D,3D,4D,5D,8D,9D,12D,15D,16D,17D,18D,21D,22D,23D,26D,31D. The molecule has 12 rings (SSSR count). The van der Waals surface area contributed by atoms with Crippen LogP contribution in [-0.2, 0) is 0 Å². The first kappa shape index (κ1) is 19.1. The molecule has 0 aliphatic heterocycles. The molecule has 57 heavy (non-hydrogen) atoms. The highest BCUT2D eigenvalue weighted by Gasteiger charge is 2.25. The smallest absolute Gasteiger partial charge is 0.164 e. The zero-order valence-corrected chi connectivity index (χ0v) is 29.2. The molecule has 266 valence electrons. The fourth-order valence-electron chi connectivity index (χ4n) is 7.71. The first-order valence-corrected chi connectivity index (χ1v) is 17.7. The molecular formula is C50H31N7. The van der Waals surface area contributed by atoms with Crippen molar-refractivity contribution in [3.63, 3.8) is 0 Å². The molecule has 0 atom stereocenters. The van der Waals surface area contributed by atoms with Gasteiger partial charge in [-0.1, -0.05) is 109 Å². The molecule has 0 amide bonds. The minimum Gasteiger partial charge on any atom is -0.305 e. The molecule has 7 heteroatoms. The van der Waals surface area contributed by atoms with Crippen LogP contribution in [-0.4, -0.2) is 33.6 Å². The molecule has 0 saturated heterocycles. The molecule has 0 radical (unpaired) electrons. The van der Waals surface area contributed by atoms with Gasteiger partial charge in [-0.05, 0) is 60.6 Å². The normalized spacial score (nSPS) is 16.0. The maximum atomic E-state index is 9.97. The SMILES string of the molecule is [2H]c1c(-c2c([2H])c([2H])c([2H])c([2H])c2[2H])nc(-c2c([2H])c([2H])c([2H])c(-n3c4ccccc4c4ncccc43)c2-n2c3ccccc3c3ncccc32)nc1-n1c2c([2H])c([2H])c([2H])c([2H])c2c2c([2H])c([2H])c([2H])c([2H])c21. The molecule has 0 aliphatic rings. The summed E-state index contributed by atoms with van der Waals surface area (Å²) in [5.74, 6) is -1.22. The van der Waals surface area contributed by atoms with Crippen molar-refractivity contribution in [2.75, 3.05) is 0 Å². The maximum Gasteiger partial charge on any atom is 0.164 e. The van der Waals surface area contributed by atoms with Crippen LogP contribution in [0, 0.1) is 0 Å². The quantitative estimate of drug-likeness (QED) is 0.176. The van der Waals surface area contributed by atoms with Gasteiger partial charge in [-0.3, -0.25) is 14.5 Å². The van der Waals surface area contributed by atoms with E-state index in [2.05, 4.69) is 0 Å². The molecule has 6 aromatic carbocycles. The highest BCUT2D eigenvalue weighted by Crippen LogP contribution is 2.42. The lowest BCUT2D eigenvalue weighted by Crippen LogP contribution is -2.08. The Morgan fingerprint density at radius 3 is 1.70 bits per heavy atom. The van der Waals surface area contributed by atoms with Crippen LogP contribution in [0.25, 0.3) is 106 Å². The molecule has 0 unspecified atom stereocenters. The highest BCUT2D eigenvalue weighted by molar-refractivity contribution is 6.11. The molecule has 0 spiro atoms. The van der Waals surface area contributed by atoms with E-state index in [1.807, 2.05) is 24.3 Å². The lowest BCUT2D eigenvalue weighted by molar-refractivity contribution is 1.04. The molecule has 6 aromatic heterocycles. The average molecular weight is 747 g/mol. The summed E-state index contributed by atoms with van der Waals surface area (Å²) in [7, 11) is 0. The number of nitrogens with zero attached hydrogens (tertiary/aromatic N) is 7. The molecular weight excluding hydrogens is 699 g/mol. The van der Waals surface area contributed by atoms with E-state index in [-0.39, 0.29) is 27.7 Å². The van der Waals surface area contributed by atoms with Crippen molar-refractivity contribution in [2.24, 2.45) is 0 Å². The van der Waals surface area contributed by atoms with E-state index in [0.29, 0.717) is 43.9 Å². The molecule has 0 bridgehead atoms. The number of hydrogen-bond acceptors (Lipinski definition) is 4. The monoisotopic (exact) mass is 746 g/mol. The minimum atomic E-state index is -0.822. The minimum absolute atomic E-state index is 0.00320. The van der Waals surface area contributed by atoms with E-state index in [1.54, 1.807) is 70.1 Å². The summed E-state index contributed by atoms with van der Waals surface area (Å²) in [4.78, 5) is 19.2. The molecule has 0 fully saturated rings. The second-order valence-corrected chi connectivity index (χ2v) is 13.0. The summed E-state index contributed by atoms with van der Waals surface area (Å²) < 4.78 is 160. The Morgan fingerprint density at radius 1 is 0.439 bits per heavy atom. The van der Waals surface area contributed by atoms with Crippen LogP contribution in [0.3, 0.4) is 0 Å². The van der Waals surface area contributed by atoms with Gasteiger partial charge in [0.1, 0.15) is 5.82 Å². The summed E-state index contributed by atoms with van der Waals surface area (Å²) in [6.45, 7) is 0. The Hall–Kier alpha value is -7.90. The van der Waals surface area contributed by atoms with E-state index < -0.39 is 137 Å². The van der Waals surface area contributed by atoms with Gasteiger partial charge in [-0.25, -0.2) is 9.97 Å². The van der Waals surface area contributed by atoms with Gasteiger partial charge < -0.3 is 9.13 Å². The Kier molecular flexibility index (Phi) is 4.13. The molecule has 12 aromatic rings. The van der Waals surface area contributed by atoms with Crippen molar-refractivity contribution < 1.29 is 23.3 Å². The van der Waals surface area contributed by atoms with E-state index in [1.165, 1.54) is 0 Å². The molecule has 0 N–H and O–H groups in total. The Morgan fingerprint density at radius 2 is 1.02 bits per heavy atom. The van der Waals surface area contributed by atoms with Gasteiger partial charge in [0.05, 0.1) is 84.5 Å². The van der Waals surface area contributed by atoms with Crippen molar-refractivity contribution in [3.8, 4) is 39.8 Å². The summed E-state index contributed by atoms with van der Waals surface area (Å²) in [5.41, 5.74) is 0.514. The lowest BCUT2D eigenvalue weighted by Gasteiger charge is -2.20. The predicted molar refractivity (Wildman–Crippen MR) is 232 cm³/mol. The van der Waals surface area contributed by atoms with E-state index in [9.17, 15) is 8.22 Å². The van der Waals surface area contributed by atoms with Gasteiger partial charge in [0, 0.05) is 51.1 Å². The number of hydrogen-bond donors (Lipinski definition) is 0. The topological polar surface area (TPSA) is 66.3 Å². The van der Waals surface area contributed by atoms with Gasteiger partial charge in [0.25, 0.3) is 0 Å². The number of rotatable bonds is 5. The van der Waals surface area contributed by atoms with Crippen LogP contribution in [0.2, 0.25) is 0 Å². The maximum absolute atomic E-state index is 9.97. The largest absolute Gasteiger partial charge is 0.305 e. The first-order chi connectivity index (χ1) is 35.4. The van der Waals surface area contributed by atoms with E-state index >= 15 is 0 Å². The summed E-state index contributed by atoms with van der Waals surface area (Å²) in [6, 6.07) is 8.94. The molecule has 0 saturated carbocycles. The molecule has 7 nitrogen and oxygen atoms in total. The Balaban J connectivity index is 1.37. The van der Waals surface area contributed by atoms with Crippen molar-refractivity contribution in [3.05, 3.63) is 188 Å². The first-order valence-electron chi connectivity index (χ1n) is 26.2. The highest BCUT2D eigenvalue weighted by atomic mass is 15.1. The zero-order valence-electron chi connectivity index (χ0n) is 46.2. The van der Waals surface area contributed by atoms with Crippen LogP contribution < -0.4 is 0 Å². The van der Waals surface area contributed by atoms with Gasteiger partial charge in [-0.2, -0.15) is 0 Å². The summed E-state index contributed by atoms with van der Waals surface area (Å²) in [6.07, 6.45) is 3.21. The fourth-order valence-corrected chi connectivity index (χ4v) is 7.71. The van der Waals surface area contributed by atoms with Crippen molar-refractivity contribution in [1.29, 1.82) is 0 Å². The number of aromatic nitrogens is 7. The average Bonchev–Trinajstić information content (AvgIpc) is 4.08. The zero-order chi connectivity index (χ0) is 52.2. The van der Waals surface area contributed by atoms with Crippen molar-refractivity contribution >= 4 is 65.7 Å². The third-order valence-electron chi connectivity index (χ3n) is 10.00. The number of fused-ring (bicyclic) bond motifs is 9. The number of benzene rings is 6. The predicted octanol–water partition coefficient (Wildman–Crippen LogP) is 11.9. The van der Waals surface area contributed by atoms with Crippen molar-refractivity contribution in [2.45, 2.75) is 0 Å². The summed E-state index contributed by atoms with van der Waals surface area (Å²) in [5, 5.41) is 0.571. The van der Waals surface area contributed by atoms with Gasteiger partial charge in [-0.15, -0.1) is 0 Å². The number of pyridine rings is 2. The molecule has 0 aliphatic carbocycles. The Bertz CT molecular complexity index is 4330. The fraction of sp³-hybridized carbons (Fsp3) is 0.